The maximum Gasteiger partial charge on any atom is 0.303 e. The van der Waals surface area contributed by atoms with E-state index in [0.29, 0.717) is 13.0 Å². The van der Waals surface area contributed by atoms with Crippen molar-refractivity contribution < 1.29 is 19.1 Å². The third kappa shape index (κ3) is 3.87. The van der Waals surface area contributed by atoms with Crippen molar-refractivity contribution in [3.05, 3.63) is 48.0 Å². The first-order valence-corrected chi connectivity index (χ1v) is 8.39. The monoisotopic (exact) mass is 345 g/mol. The van der Waals surface area contributed by atoms with E-state index in [1.54, 1.807) is 35.4 Å². The average molecular weight is 345 g/mol. The Balaban J connectivity index is 1.78. The number of piperidine rings is 1. The second-order valence-corrected chi connectivity index (χ2v) is 6.18. The highest BCUT2D eigenvalue weighted by Gasteiger charge is 2.29. The molecule has 6 nitrogen and oxygen atoms in total. The number of benzene rings is 1. The number of halogens is 1. The lowest BCUT2D eigenvalue weighted by Crippen LogP contribution is -2.44. The summed E-state index contributed by atoms with van der Waals surface area (Å²) in [6.45, 7) is 0.593. The summed E-state index contributed by atoms with van der Waals surface area (Å²) in [5, 5.41) is 13.1. The minimum Gasteiger partial charge on any atom is -0.481 e. The number of likely N-dealkylation sites (tertiary alicyclic amines) is 1. The quantitative estimate of drug-likeness (QED) is 0.904. The number of rotatable bonds is 5. The van der Waals surface area contributed by atoms with Gasteiger partial charge < -0.3 is 10.0 Å². The molecule has 0 aliphatic carbocycles. The third-order valence-corrected chi connectivity index (χ3v) is 4.49. The molecule has 0 saturated carbocycles. The average Bonchev–Trinajstić information content (AvgIpc) is 3.10. The molecule has 7 heteroatoms. The third-order valence-electron chi connectivity index (χ3n) is 4.49. The van der Waals surface area contributed by atoms with Crippen LogP contribution in [0.1, 0.15) is 42.6 Å². The molecule has 132 valence electrons. The van der Waals surface area contributed by atoms with Gasteiger partial charge >= 0.3 is 5.97 Å². The first-order valence-electron chi connectivity index (χ1n) is 8.39. The maximum absolute atomic E-state index is 13.9. The summed E-state index contributed by atoms with van der Waals surface area (Å²) < 4.78 is 15.2. The van der Waals surface area contributed by atoms with E-state index in [9.17, 15) is 14.0 Å². The fraction of sp³-hybridized carbons (Fsp3) is 0.389. The van der Waals surface area contributed by atoms with E-state index >= 15 is 0 Å². The lowest BCUT2D eigenvalue weighted by atomic mass is 9.97. The van der Waals surface area contributed by atoms with E-state index in [4.69, 9.17) is 5.11 Å². The van der Waals surface area contributed by atoms with Crippen LogP contribution in [-0.4, -0.2) is 44.3 Å². The number of para-hydroxylation sites is 1. The molecule has 2 heterocycles. The second-order valence-electron chi connectivity index (χ2n) is 6.18. The topological polar surface area (TPSA) is 75.4 Å². The number of aromatic nitrogens is 2. The Morgan fingerprint density at radius 3 is 2.80 bits per heavy atom. The summed E-state index contributed by atoms with van der Waals surface area (Å²) >= 11 is 0. The Morgan fingerprint density at radius 2 is 2.04 bits per heavy atom. The van der Waals surface area contributed by atoms with Crippen LogP contribution in [0.5, 0.6) is 0 Å². The first-order chi connectivity index (χ1) is 12.1. The van der Waals surface area contributed by atoms with Crippen molar-refractivity contribution in [3.63, 3.8) is 0 Å². The number of aliphatic carboxylic acids is 1. The predicted octanol–water partition coefficient (Wildman–Crippen LogP) is 2.87. The van der Waals surface area contributed by atoms with Gasteiger partial charge in [-0.05, 0) is 43.9 Å². The predicted molar refractivity (Wildman–Crippen MR) is 89.1 cm³/mol. The lowest BCUT2D eigenvalue weighted by Gasteiger charge is -2.35. The number of carbonyl (C=O) groups is 2. The van der Waals surface area contributed by atoms with Gasteiger partial charge in [-0.25, -0.2) is 9.07 Å². The van der Waals surface area contributed by atoms with E-state index in [1.165, 1.54) is 10.7 Å². The molecule has 1 aromatic heterocycles. The van der Waals surface area contributed by atoms with Gasteiger partial charge in [0.2, 0.25) is 0 Å². The van der Waals surface area contributed by atoms with Gasteiger partial charge in [-0.1, -0.05) is 12.1 Å². The minimum atomic E-state index is -0.859. The Bertz CT molecular complexity index is 774. The van der Waals surface area contributed by atoms with Gasteiger partial charge in [0, 0.05) is 25.2 Å². The lowest BCUT2D eigenvalue weighted by molar-refractivity contribution is -0.137. The van der Waals surface area contributed by atoms with Gasteiger partial charge in [0.1, 0.15) is 11.5 Å². The summed E-state index contributed by atoms with van der Waals surface area (Å²) in [5.74, 6) is -1.51. The van der Waals surface area contributed by atoms with Crippen molar-refractivity contribution in [3.8, 4) is 5.69 Å². The number of amides is 1. The van der Waals surface area contributed by atoms with Crippen LogP contribution in [0.25, 0.3) is 5.69 Å². The molecule has 1 saturated heterocycles. The van der Waals surface area contributed by atoms with Crippen LogP contribution in [0.15, 0.2) is 36.5 Å². The fourth-order valence-corrected chi connectivity index (χ4v) is 3.21. The number of carbonyl (C=O) groups excluding carboxylic acids is 1. The summed E-state index contributed by atoms with van der Waals surface area (Å²) in [7, 11) is 0. The molecule has 0 radical (unpaired) electrons. The zero-order chi connectivity index (χ0) is 17.8. The van der Waals surface area contributed by atoms with Crippen molar-refractivity contribution in [2.75, 3.05) is 6.54 Å². The van der Waals surface area contributed by atoms with E-state index in [2.05, 4.69) is 5.10 Å². The molecule has 1 unspecified atom stereocenters. The molecule has 0 bridgehead atoms. The molecule has 1 fully saturated rings. The highest BCUT2D eigenvalue weighted by molar-refractivity contribution is 5.92. The SMILES string of the molecule is O=C(O)CCC1CCCCN1C(=O)c1ccn(-c2ccccc2F)n1. The zero-order valence-corrected chi connectivity index (χ0v) is 13.8. The minimum absolute atomic E-state index is 0.0398. The van der Waals surface area contributed by atoms with Crippen LogP contribution in [-0.2, 0) is 4.79 Å². The summed E-state index contributed by atoms with van der Waals surface area (Å²) in [6.07, 6.45) is 4.71. The second kappa shape index (κ2) is 7.46. The van der Waals surface area contributed by atoms with Gasteiger partial charge in [0.25, 0.3) is 5.91 Å². The number of carboxylic acids is 1. The smallest absolute Gasteiger partial charge is 0.303 e. The van der Waals surface area contributed by atoms with Gasteiger partial charge in [-0.2, -0.15) is 5.10 Å². The van der Waals surface area contributed by atoms with E-state index < -0.39 is 11.8 Å². The van der Waals surface area contributed by atoms with Crippen molar-refractivity contribution in [1.82, 2.24) is 14.7 Å². The standard InChI is InChI=1S/C18H20FN3O3/c19-14-6-1-2-7-16(14)22-12-10-15(20-22)18(25)21-11-4-3-5-13(21)8-9-17(23)24/h1-2,6-7,10,12-13H,3-5,8-9,11H2,(H,23,24). The molecule has 1 aliphatic heterocycles. The molecule has 1 amide bonds. The molecule has 0 spiro atoms. The summed E-state index contributed by atoms with van der Waals surface area (Å²) in [4.78, 5) is 25.3. The first kappa shape index (κ1) is 17.1. The number of carboxylic acid groups (broad SMARTS) is 1. The van der Waals surface area contributed by atoms with E-state index in [-0.39, 0.29) is 29.8 Å². The normalized spacial score (nSPS) is 17.5. The van der Waals surface area contributed by atoms with E-state index in [0.717, 1.165) is 19.3 Å². The Labute approximate surface area is 144 Å². The zero-order valence-electron chi connectivity index (χ0n) is 13.8. The number of hydrogen-bond acceptors (Lipinski definition) is 3. The maximum atomic E-state index is 13.9. The summed E-state index contributed by atoms with van der Waals surface area (Å²) in [6, 6.07) is 7.70. The van der Waals surface area contributed by atoms with Crippen molar-refractivity contribution in [1.29, 1.82) is 0 Å². The molecule has 2 aromatic rings. The molecule has 3 rings (SSSR count). The molecule has 25 heavy (non-hydrogen) atoms. The van der Waals surface area contributed by atoms with Crippen LogP contribution >= 0.6 is 0 Å². The summed E-state index contributed by atoms with van der Waals surface area (Å²) in [5.41, 5.74) is 0.521. The van der Waals surface area contributed by atoms with Crippen molar-refractivity contribution >= 4 is 11.9 Å². The van der Waals surface area contributed by atoms with Crippen LogP contribution in [0.3, 0.4) is 0 Å². The molecule has 1 atom stereocenters. The van der Waals surface area contributed by atoms with Gasteiger partial charge in [0.15, 0.2) is 5.69 Å². The van der Waals surface area contributed by atoms with Crippen molar-refractivity contribution in [2.45, 2.75) is 38.1 Å². The van der Waals surface area contributed by atoms with Crippen LogP contribution in [0.4, 0.5) is 4.39 Å². The molecular formula is C18H20FN3O3. The highest BCUT2D eigenvalue weighted by atomic mass is 19.1. The van der Waals surface area contributed by atoms with Gasteiger partial charge in [-0.15, -0.1) is 0 Å². The molecule has 1 aromatic carbocycles. The Kier molecular flexibility index (Phi) is 5.11. The molecular weight excluding hydrogens is 325 g/mol. The van der Waals surface area contributed by atoms with Crippen LogP contribution in [0, 0.1) is 5.82 Å². The Hall–Kier alpha value is -2.70. The fourth-order valence-electron chi connectivity index (χ4n) is 3.21. The van der Waals surface area contributed by atoms with E-state index in [1.807, 2.05) is 0 Å². The number of nitrogens with zero attached hydrogens (tertiary/aromatic N) is 3. The highest BCUT2D eigenvalue weighted by Crippen LogP contribution is 2.23. The van der Waals surface area contributed by atoms with Crippen LogP contribution in [0.2, 0.25) is 0 Å². The number of hydrogen-bond donors (Lipinski definition) is 1. The Morgan fingerprint density at radius 1 is 1.24 bits per heavy atom. The van der Waals surface area contributed by atoms with Crippen LogP contribution < -0.4 is 0 Å². The molecule has 1 aliphatic rings. The molecule has 1 N–H and O–H groups in total. The largest absolute Gasteiger partial charge is 0.481 e. The van der Waals surface area contributed by atoms with Crippen molar-refractivity contribution in [2.24, 2.45) is 0 Å². The van der Waals surface area contributed by atoms with Gasteiger partial charge in [0.05, 0.1) is 0 Å². The van der Waals surface area contributed by atoms with Gasteiger partial charge in [-0.3, -0.25) is 9.59 Å².